The average molecular weight is 150 g/mol. The van der Waals surface area contributed by atoms with Gasteiger partial charge in [0.2, 0.25) is 0 Å². The third kappa shape index (κ3) is 1.60. The van der Waals surface area contributed by atoms with Gasteiger partial charge in [-0.2, -0.15) is 0 Å². The van der Waals surface area contributed by atoms with Crippen LogP contribution in [0.3, 0.4) is 0 Å². The molecule has 0 bridgehead atoms. The lowest BCUT2D eigenvalue weighted by atomic mass is 9.99. The number of aryl methyl sites for hydroxylation is 2. The molecule has 0 radical (unpaired) electrons. The number of rotatable bonds is 1. The first-order valence-corrected chi connectivity index (χ1v) is 3.87. The van der Waals surface area contributed by atoms with Crippen molar-refractivity contribution in [2.24, 2.45) is 0 Å². The molecule has 1 heteroatoms. The van der Waals surface area contributed by atoms with Crippen LogP contribution in [-0.4, -0.2) is 5.11 Å². The fourth-order valence-corrected chi connectivity index (χ4v) is 1.49. The van der Waals surface area contributed by atoms with Crippen molar-refractivity contribution in [3.05, 3.63) is 34.9 Å². The Morgan fingerprint density at radius 3 is 1.91 bits per heavy atom. The first kappa shape index (κ1) is 8.28. The van der Waals surface area contributed by atoms with Gasteiger partial charge >= 0.3 is 0 Å². The minimum Gasteiger partial charge on any atom is -0.389 e. The predicted molar refractivity (Wildman–Crippen MR) is 46.5 cm³/mol. The van der Waals surface area contributed by atoms with Crippen LogP contribution in [0.1, 0.15) is 29.7 Å². The van der Waals surface area contributed by atoms with E-state index >= 15 is 0 Å². The zero-order chi connectivity index (χ0) is 8.43. The SMILES string of the molecule is Cc1cccc(C)c1[C@@H](C)O. The van der Waals surface area contributed by atoms with Crippen LogP contribution in [0.15, 0.2) is 18.2 Å². The summed E-state index contributed by atoms with van der Waals surface area (Å²) < 4.78 is 0. The van der Waals surface area contributed by atoms with E-state index in [1.807, 2.05) is 32.0 Å². The van der Waals surface area contributed by atoms with Crippen LogP contribution in [0, 0.1) is 13.8 Å². The van der Waals surface area contributed by atoms with E-state index in [2.05, 4.69) is 0 Å². The van der Waals surface area contributed by atoms with Gasteiger partial charge in [-0.05, 0) is 37.5 Å². The lowest BCUT2D eigenvalue weighted by molar-refractivity contribution is 0.198. The molecule has 0 spiro atoms. The van der Waals surface area contributed by atoms with Crippen molar-refractivity contribution in [1.82, 2.24) is 0 Å². The number of hydrogen-bond donors (Lipinski definition) is 1. The Kier molecular flexibility index (Phi) is 2.30. The Bertz CT molecular complexity index is 231. The lowest BCUT2D eigenvalue weighted by Crippen LogP contribution is -1.97. The van der Waals surface area contributed by atoms with E-state index in [0.717, 1.165) is 5.56 Å². The van der Waals surface area contributed by atoms with Crippen molar-refractivity contribution in [2.75, 3.05) is 0 Å². The third-order valence-electron chi connectivity index (χ3n) is 1.96. The second-order valence-electron chi connectivity index (χ2n) is 2.98. The van der Waals surface area contributed by atoms with Gasteiger partial charge in [0, 0.05) is 0 Å². The van der Waals surface area contributed by atoms with E-state index < -0.39 is 0 Å². The molecule has 0 unspecified atom stereocenters. The number of benzene rings is 1. The zero-order valence-corrected chi connectivity index (χ0v) is 7.26. The van der Waals surface area contributed by atoms with Gasteiger partial charge < -0.3 is 5.11 Å². The number of aliphatic hydroxyl groups excluding tert-OH is 1. The highest BCUT2D eigenvalue weighted by Gasteiger charge is 2.06. The van der Waals surface area contributed by atoms with Gasteiger partial charge in [0.25, 0.3) is 0 Å². The van der Waals surface area contributed by atoms with Crippen molar-refractivity contribution >= 4 is 0 Å². The summed E-state index contributed by atoms with van der Waals surface area (Å²) in [4.78, 5) is 0. The summed E-state index contributed by atoms with van der Waals surface area (Å²) in [5, 5.41) is 9.39. The van der Waals surface area contributed by atoms with Crippen LogP contribution < -0.4 is 0 Å². The summed E-state index contributed by atoms with van der Waals surface area (Å²) in [5.41, 5.74) is 3.40. The van der Waals surface area contributed by atoms with E-state index in [1.165, 1.54) is 11.1 Å². The Balaban J connectivity index is 3.21. The lowest BCUT2D eigenvalue weighted by Gasteiger charge is -2.11. The average Bonchev–Trinajstić information content (AvgIpc) is 1.85. The molecule has 1 aromatic rings. The minimum absolute atomic E-state index is 0.351. The van der Waals surface area contributed by atoms with Crippen LogP contribution in [0.4, 0.5) is 0 Å². The molecule has 1 atom stereocenters. The van der Waals surface area contributed by atoms with Crippen LogP contribution in [0.25, 0.3) is 0 Å². The first-order chi connectivity index (χ1) is 5.13. The van der Waals surface area contributed by atoms with Crippen molar-refractivity contribution in [3.8, 4) is 0 Å². The van der Waals surface area contributed by atoms with Crippen molar-refractivity contribution in [2.45, 2.75) is 26.9 Å². The summed E-state index contributed by atoms with van der Waals surface area (Å²) in [6.07, 6.45) is -0.351. The quantitative estimate of drug-likeness (QED) is 0.651. The second kappa shape index (κ2) is 3.05. The highest BCUT2D eigenvalue weighted by Crippen LogP contribution is 2.20. The molecule has 0 aromatic heterocycles. The van der Waals surface area contributed by atoms with E-state index in [4.69, 9.17) is 0 Å². The molecule has 11 heavy (non-hydrogen) atoms. The standard InChI is InChI=1S/C10H14O/c1-7-5-4-6-8(2)10(7)9(3)11/h4-6,9,11H,1-3H3/t9-/m1/s1. The molecule has 0 saturated heterocycles. The van der Waals surface area contributed by atoms with E-state index in [0.29, 0.717) is 0 Å². The Labute approximate surface area is 67.7 Å². The molecular formula is C10H14O. The van der Waals surface area contributed by atoms with Gasteiger partial charge in [-0.15, -0.1) is 0 Å². The molecule has 1 nitrogen and oxygen atoms in total. The van der Waals surface area contributed by atoms with Gasteiger partial charge in [0.05, 0.1) is 6.10 Å². The van der Waals surface area contributed by atoms with Gasteiger partial charge in [-0.25, -0.2) is 0 Å². The maximum absolute atomic E-state index is 9.39. The summed E-state index contributed by atoms with van der Waals surface area (Å²) in [5.74, 6) is 0. The second-order valence-corrected chi connectivity index (χ2v) is 2.98. The zero-order valence-electron chi connectivity index (χ0n) is 7.26. The van der Waals surface area contributed by atoms with Crippen LogP contribution >= 0.6 is 0 Å². The molecule has 0 heterocycles. The van der Waals surface area contributed by atoms with Gasteiger partial charge in [-0.1, -0.05) is 18.2 Å². The monoisotopic (exact) mass is 150 g/mol. The Morgan fingerprint density at radius 2 is 1.64 bits per heavy atom. The number of hydrogen-bond acceptors (Lipinski definition) is 1. The van der Waals surface area contributed by atoms with E-state index in [1.54, 1.807) is 6.92 Å². The molecule has 0 amide bonds. The maximum Gasteiger partial charge on any atom is 0.0767 e. The van der Waals surface area contributed by atoms with Gasteiger partial charge in [-0.3, -0.25) is 0 Å². The fraction of sp³-hybridized carbons (Fsp3) is 0.400. The summed E-state index contributed by atoms with van der Waals surface area (Å²) in [6.45, 7) is 5.85. The van der Waals surface area contributed by atoms with Crippen LogP contribution in [0.5, 0.6) is 0 Å². The summed E-state index contributed by atoms with van der Waals surface area (Å²) >= 11 is 0. The third-order valence-corrected chi connectivity index (χ3v) is 1.96. The van der Waals surface area contributed by atoms with Gasteiger partial charge in [0.15, 0.2) is 0 Å². The molecule has 0 fully saturated rings. The highest BCUT2D eigenvalue weighted by atomic mass is 16.3. The Morgan fingerprint density at radius 1 is 1.18 bits per heavy atom. The molecule has 1 aromatic carbocycles. The number of aliphatic hydroxyl groups is 1. The van der Waals surface area contributed by atoms with Crippen LogP contribution in [0.2, 0.25) is 0 Å². The summed E-state index contributed by atoms with van der Waals surface area (Å²) in [7, 11) is 0. The molecule has 0 aliphatic heterocycles. The minimum atomic E-state index is -0.351. The molecule has 1 rings (SSSR count). The highest BCUT2D eigenvalue weighted by molar-refractivity contribution is 5.34. The van der Waals surface area contributed by atoms with E-state index in [9.17, 15) is 5.11 Å². The molecule has 0 aliphatic carbocycles. The smallest absolute Gasteiger partial charge is 0.0767 e. The molecule has 60 valence electrons. The van der Waals surface area contributed by atoms with Crippen molar-refractivity contribution in [3.63, 3.8) is 0 Å². The molecular weight excluding hydrogens is 136 g/mol. The van der Waals surface area contributed by atoms with Crippen molar-refractivity contribution in [1.29, 1.82) is 0 Å². The van der Waals surface area contributed by atoms with Gasteiger partial charge in [0.1, 0.15) is 0 Å². The molecule has 0 aliphatic rings. The molecule has 0 saturated carbocycles. The first-order valence-electron chi connectivity index (χ1n) is 3.87. The topological polar surface area (TPSA) is 20.2 Å². The Hall–Kier alpha value is -0.820. The predicted octanol–water partition coefficient (Wildman–Crippen LogP) is 2.36. The fourth-order valence-electron chi connectivity index (χ4n) is 1.49. The maximum atomic E-state index is 9.39. The van der Waals surface area contributed by atoms with Crippen molar-refractivity contribution < 1.29 is 5.11 Å². The summed E-state index contributed by atoms with van der Waals surface area (Å²) in [6, 6.07) is 6.06. The van der Waals surface area contributed by atoms with Crippen LogP contribution in [-0.2, 0) is 0 Å². The van der Waals surface area contributed by atoms with E-state index in [-0.39, 0.29) is 6.10 Å². The largest absolute Gasteiger partial charge is 0.389 e. The normalized spacial score (nSPS) is 13.1. The molecule has 1 N–H and O–H groups in total.